The molecule has 0 saturated heterocycles. The summed E-state index contributed by atoms with van der Waals surface area (Å²) < 4.78 is 0. The van der Waals surface area contributed by atoms with Crippen molar-refractivity contribution in [2.75, 3.05) is 0 Å². The lowest BCUT2D eigenvalue weighted by atomic mass is 10.0. The zero-order valence-electron chi connectivity index (χ0n) is 8.99. The summed E-state index contributed by atoms with van der Waals surface area (Å²) >= 11 is 0. The van der Waals surface area contributed by atoms with Crippen LogP contribution in [0.3, 0.4) is 0 Å². The number of hydrogen-bond donors (Lipinski definition) is 1. The average Bonchev–Trinajstić information content (AvgIpc) is 2.78. The van der Waals surface area contributed by atoms with E-state index in [0.717, 1.165) is 12.3 Å². The fourth-order valence-electron chi connectivity index (χ4n) is 2.89. The van der Waals surface area contributed by atoms with E-state index in [9.17, 15) is 5.11 Å². The predicted octanol–water partition coefficient (Wildman–Crippen LogP) is 3.28. The van der Waals surface area contributed by atoms with Crippen LogP contribution in [0.1, 0.15) is 51.4 Å². The van der Waals surface area contributed by atoms with Gasteiger partial charge in [0.1, 0.15) is 0 Å². The highest BCUT2D eigenvalue weighted by Crippen LogP contribution is 2.30. The van der Waals surface area contributed by atoms with Crippen molar-refractivity contribution in [3.8, 4) is 0 Å². The van der Waals surface area contributed by atoms with Gasteiger partial charge in [-0.3, -0.25) is 0 Å². The first-order valence-electron chi connectivity index (χ1n) is 6.21. The quantitative estimate of drug-likeness (QED) is 0.684. The Morgan fingerprint density at radius 1 is 1.00 bits per heavy atom. The molecule has 0 aliphatic heterocycles. The first-order valence-corrected chi connectivity index (χ1v) is 6.21. The fraction of sp³-hybridized carbons (Fsp3) is 0.846. The summed E-state index contributed by atoms with van der Waals surface area (Å²) in [4.78, 5) is 0. The lowest BCUT2D eigenvalue weighted by molar-refractivity contribution is 0.153. The maximum absolute atomic E-state index is 9.63. The smallest absolute Gasteiger partial charge is 0.0602 e. The van der Waals surface area contributed by atoms with Crippen molar-refractivity contribution in [2.24, 2.45) is 11.8 Å². The van der Waals surface area contributed by atoms with Crippen LogP contribution in [0, 0.1) is 11.8 Å². The van der Waals surface area contributed by atoms with Crippen molar-refractivity contribution in [1.29, 1.82) is 0 Å². The van der Waals surface area contributed by atoms with Crippen molar-refractivity contribution in [3.05, 3.63) is 12.2 Å². The Kier molecular flexibility index (Phi) is 3.63. The highest BCUT2D eigenvalue weighted by atomic mass is 16.3. The van der Waals surface area contributed by atoms with Gasteiger partial charge in [-0.1, -0.05) is 44.3 Å². The van der Waals surface area contributed by atoms with Crippen LogP contribution in [-0.2, 0) is 0 Å². The number of hydrogen-bond acceptors (Lipinski definition) is 1. The zero-order valence-corrected chi connectivity index (χ0v) is 8.99. The van der Waals surface area contributed by atoms with Crippen LogP contribution in [0.25, 0.3) is 0 Å². The normalized spacial score (nSPS) is 34.6. The third-order valence-electron chi connectivity index (χ3n) is 3.86. The SMILES string of the molecule is O[C@@H]1CCC[C@H]1/C=C/CC1CCCC1. The second kappa shape index (κ2) is 4.97. The molecular formula is C13H22O. The predicted molar refractivity (Wildman–Crippen MR) is 59.1 cm³/mol. The Balaban J connectivity index is 1.70. The van der Waals surface area contributed by atoms with Crippen LogP contribution in [0.2, 0.25) is 0 Å². The lowest BCUT2D eigenvalue weighted by Gasteiger charge is -2.09. The highest BCUT2D eigenvalue weighted by Gasteiger charge is 2.22. The van der Waals surface area contributed by atoms with E-state index in [1.165, 1.54) is 44.9 Å². The Bertz CT molecular complexity index is 191. The summed E-state index contributed by atoms with van der Waals surface area (Å²) in [6.07, 6.45) is 15.0. The van der Waals surface area contributed by atoms with E-state index >= 15 is 0 Å². The number of rotatable bonds is 3. The van der Waals surface area contributed by atoms with Gasteiger partial charge >= 0.3 is 0 Å². The molecule has 1 nitrogen and oxygen atoms in total. The summed E-state index contributed by atoms with van der Waals surface area (Å²) in [6.45, 7) is 0. The van der Waals surface area contributed by atoms with Gasteiger partial charge in [-0.25, -0.2) is 0 Å². The average molecular weight is 194 g/mol. The summed E-state index contributed by atoms with van der Waals surface area (Å²) in [5, 5.41) is 9.63. The van der Waals surface area contributed by atoms with Gasteiger partial charge in [-0.15, -0.1) is 0 Å². The molecule has 0 bridgehead atoms. The van der Waals surface area contributed by atoms with Crippen molar-refractivity contribution in [3.63, 3.8) is 0 Å². The van der Waals surface area contributed by atoms with Gasteiger partial charge in [0.15, 0.2) is 0 Å². The Morgan fingerprint density at radius 2 is 1.79 bits per heavy atom. The molecule has 0 spiro atoms. The molecule has 2 fully saturated rings. The Labute approximate surface area is 87.2 Å². The molecule has 0 aromatic heterocycles. The van der Waals surface area contributed by atoms with Crippen molar-refractivity contribution in [1.82, 2.24) is 0 Å². The largest absolute Gasteiger partial charge is 0.393 e. The van der Waals surface area contributed by atoms with E-state index in [0.29, 0.717) is 5.92 Å². The molecule has 2 aliphatic rings. The Morgan fingerprint density at radius 3 is 2.43 bits per heavy atom. The van der Waals surface area contributed by atoms with Gasteiger partial charge in [-0.2, -0.15) is 0 Å². The van der Waals surface area contributed by atoms with Crippen LogP contribution in [-0.4, -0.2) is 11.2 Å². The van der Waals surface area contributed by atoms with Crippen LogP contribution >= 0.6 is 0 Å². The second-order valence-corrected chi connectivity index (χ2v) is 4.98. The van der Waals surface area contributed by atoms with E-state index < -0.39 is 0 Å². The summed E-state index contributed by atoms with van der Waals surface area (Å²) in [5.74, 6) is 1.42. The zero-order chi connectivity index (χ0) is 9.80. The van der Waals surface area contributed by atoms with E-state index in [2.05, 4.69) is 12.2 Å². The first-order chi connectivity index (χ1) is 6.86. The monoisotopic (exact) mass is 194 g/mol. The number of aliphatic hydroxyl groups is 1. The standard InChI is InChI=1S/C13H22O/c14-13-10-4-9-12(13)8-3-7-11-5-1-2-6-11/h3,8,11-14H,1-2,4-7,9-10H2/b8-3+/t12-,13-/m1/s1. The van der Waals surface area contributed by atoms with Crippen LogP contribution in [0.4, 0.5) is 0 Å². The van der Waals surface area contributed by atoms with Crippen LogP contribution in [0.15, 0.2) is 12.2 Å². The van der Waals surface area contributed by atoms with E-state index in [-0.39, 0.29) is 6.10 Å². The van der Waals surface area contributed by atoms with Crippen molar-refractivity contribution < 1.29 is 5.11 Å². The molecular weight excluding hydrogens is 172 g/mol. The fourth-order valence-corrected chi connectivity index (χ4v) is 2.89. The molecule has 0 aromatic carbocycles. The van der Waals surface area contributed by atoms with Gasteiger partial charge in [-0.05, 0) is 25.2 Å². The van der Waals surface area contributed by atoms with Crippen LogP contribution in [0.5, 0.6) is 0 Å². The molecule has 0 unspecified atom stereocenters. The minimum Gasteiger partial charge on any atom is -0.393 e. The Hall–Kier alpha value is -0.300. The third-order valence-corrected chi connectivity index (χ3v) is 3.86. The van der Waals surface area contributed by atoms with Crippen molar-refractivity contribution >= 4 is 0 Å². The summed E-state index contributed by atoms with van der Waals surface area (Å²) in [7, 11) is 0. The number of aliphatic hydroxyl groups excluding tert-OH is 1. The van der Waals surface area contributed by atoms with E-state index in [1.54, 1.807) is 0 Å². The molecule has 2 rings (SSSR count). The van der Waals surface area contributed by atoms with E-state index in [4.69, 9.17) is 0 Å². The first kappa shape index (κ1) is 10.2. The van der Waals surface area contributed by atoms with Gasteiger partial charge < -0.3 is 5.11 Å². The summed E-state index contributed by atoms with van der Waals surface area (Å²) in [5.41, 5.74) is 0. The van der Waals surface area contributed by atoms with Gasteiger partial charge in [0, 0.05) is 5.92 Å². The molecule has 0 amide bonds. The lowest BCUT2D eigenvalue weighted by Crippen LogP contribution is -2.09. The second-order valence-electron chi connectivity index (χ2n) is 4.98. The minimum atomic E-state index is -0.0465. The third kappa shape index (κ3) is 2.60. The molecule has 2 saturated carbocycles. The maximum Gasteiger partial charge on any atom is 0.0602 e. The van der Waals surface area contributed by atoms with Gasteiger partial charge in [0.25, 0.3) is 0 Å². The molecule has 1 heteroatoms. The summed E-state index contributed by atoms with van der Waals surface area (Å²) in [6, 6.07) is 0. The highest BCUT2D eigenvalue weighted by molar-refractivity contribution is 4.96. The van der Waals surface area contributed by atoms with Crippen LogP contribution < -0.4 is 0 Å². The van der Waals surface area contributed by atoms with Crippen molar-refractivity contribution in [2.45, 2.75) is 57.5 Å². The molecule has 1 N–H and O–H groups in total. The molecule has 0 radical (unpaired) electrons. The molecule has 2 atom stereocenters. The van der Waals surface area contributed by atoms with Gasteiger partial charge in [0.05, 0.1) is 6.10 Å². The molecule has 80 valence electrons. The van der Waals surface area contributed by atoms with Gasteiger partial charge in [0.2, 0.25) is 0 Å². The number of allylic oxidation sites excluding steroid dienone is 1. The topological polar surface area (TPSA) is 20.2 Å². The molecule has 0 heterocycles. The molecule has 14 heavy (non-hydrogen) atoms. The molecule has 0 aromatic rings. The minimum absolute atomic E-state index is 0.0465. The van der Waals surface area contributed by atoms with E-state index in [1.807, 2.05) is 0 Å². The molecule has 2 aliphatic carbocycles. The maximum atomic E-state index is 9.63.